The quantitative estimate of drug-likeness (QED) is 0.764. The summed E-state index contributed by atoms with van der Waals surface area (Å²) in [6.07, 6.45) is 8.28. The maximum atomic E-state index is 10.5. The molecule has 0 aliphatic rings. The molecule has 1 aromatic rings. The Hall–Kier alpha value is -1.77. The number of aromatic nitrogens is 1. The maximum absolute atomic E-state index is 10.5. The van der Waals surface area contributed by atoms with Gasteiger partial charge in [-0.05, 0) is 18.9 Å². The average molecular weight is 205 g/mol. The fourth-order valence-corrected chi connectivity index (χ4v) is 1.37. The molecule has 0 saturated carbocycles. The van der Waals surface area contributed by atoms with E-state index in [1.165, 1.54) is 0 Å². The highest BCUT2D eigenvalue weighted by atomic mass is 16.4. The second-order valence-corrected chi connectivity index (χ2v) is 3.29. The molecule has 2 N–H and O–H groups in total. The van der Waals surface area contributed by atoms with Crippen LogP contribution in [0.3, 0.4) is 0 Å². The molecule has 1 heterocycles. The summed E-state index contributed by atoms with van der Waals surface area (Å²) in [6.45, 7) is 5.79. The molecule has 0 aliphatic carbocycles. The van der Waals surface area contributed by atoms with E-state index in [-0.39, 0.29) is 6.42 Å². The van der Waals surface area contributed by atoms with Crippen LogP contribution < -0.4 is 10.6 Å². The van der Waals surface area contributed by atoms with Crippen molar-refractivity contribution in [1.29, 1.82) is 0 Å². The molecule has 0 fully saturated rings. The topological polar surface area (TPSA) is 53.1 Å². The van der Waals surface area contributed by atoms with Gasteiger partial charge in [-0.1, -0.05) is 24.8 Å². The third kappa shape index (κ3) is 3.13. The molecular weight excluding hydrogens is 190 g/mol. The van der Waals surface area contributed by atoms with Crippen LogP contribution in [0.5, 0.6) is 0 Å². The van der Waals surface area contributed by atoms with Crippen molar-refractivity contribution in [3.05, 3.63) is 34.5 Å². The molecule has 0 unspecified atom stereocenters. The average Bonchev–Trinajstić information content (AvgIpc) is 2.53. The van der Waals surface area contributed by atoms with Crippen molar-refractivity contribution in [2.24, 2.45) is 0 Å². The van der Waals surface area contributed by atoms with E-state index in [4.69, 9.17) is 5.11 Å². The summed E-state index contributed by atoms with van der Waals surface area (Å²) in [4.78, 5) is 13.5. The number of H-pyrrole nitrogens is 1. The van der Waals surface area contributed by atoms with Crippen LogP contribution in [0.2, 0.25) is 0 Å². The molecule has 3 heteroatoms. The Morgan fingerprint density at radius 2 is 2.40 bits per heavy atom. The lowest BCUT2D eigenvalue weighted by Gasteiger charge is -1.92. The molecule has 0 radical (unpaired) electrons. The smallest absolute Gasteiger partial charge is 0.303 e. The predicted octanol–water partition coefficient (Wildman–Crippen LogP) is 0.799. The second-order valence-electron chi connectivity index (χ2n) is 3.29. The SMILES string of the molecule is C=c1[nH]cc(CCC(=O)O)/c1=C/C=C\C. The highest BCUT2D eigenvalue weighted by Gasteiger charge is 2.01. The number of hydrogen-bond acceptors (Lipinski definition) is 1. The molecule has 15 heavy (non-hydrogen) atoms. The zero-order chi connectivity index (χ0) is 11.3. The monoisotopic (exact) mass is 205 g/mol. The summed E-state index contributed by atoms with van der Waals surface area (Å²) in [5.74, 6) is -0.779. The van der Waals surface area contributed by atoms with Gasteiger partial charge in [-0.25, -0.2) is 0 Å². The summed E-state index contributed by atoms with van der Waals surface area (Å²) in [5.41, 5.74) is 1.00. The van der Waals surface area contributed by atoms with Gasteiger partial charge in [0.15, 0.2) is 0 Å². The fraction of sp³-hybridized carbons (Fsp3) is 0.250. The van der Waals surface area contributed by atoms with E-state index in [2.05, 4.69) is 11.6 Å². The summed E-state index contributed by atoms with van der Waals surface area (Å²) >= 11 is 0. The first-order valence-electron chi connectivity index (χ1n) is 4.85. The molecule has 0 atom stereocenters. The van der Waals surface area contributed by atoms with Crippen LogP contribution in [0.1, 0.15) is 18.9 Å². The van der Waals surface area contributed by atoms with Crippen LogP contribution in [0.4, 0.5) is 0 Å². The number of rotatable bonds is 4. The van der Waals surface area contributed by atoms with Crippen LogP contribution in [0.15, 0.2) is 18.3 Å². The molecular formula is C12H15NO2. The highest BCUT2D eigenvalue weighted by Crippen LogP contribution is 1.94. The van der Waals surface area contributed by atoms with Gasteiger partial charge in [0.05, 0.1) is 0 Å². The third-order valence-electron chi connectivity index (χ3n) is 2.16. The summed E-state index contributed by atoms with van der Waals surface area (Å²) in [6, 6.07) is 0. The molecule has 0 bridgehead atoms. The lowest BCUT2D eigenvalue weighted by atomic mass is 10.1. The van der Waals surface area contributed by atoms with Crippen molar-refractivity contribution >= 4 is 18.6 Å². The van der Waals surface area contributed by atoms with Gasteiger partial charge in [-0.3, -0.25) is 4.79 Å². The standard InChI is InChI=1S/C12H15NO2/c1-3-4-5-11-9(2)13-8-10(11)6-7-12(14)15/h3-5,8,13H,2,6-7H2,1H3,(H,14,15)/b4-3-,11-5+. The van der Waals surface area contributed by atoms with E-state index >= 15 is 0 Å². The first-order chi connectivity index (χ1) is 7.15. The Labute approximate surface area is 88.4 Å². The Bertz CT molecular complexity index is 468. The minimum Gasteiger partial charge on any atom is -0.481 e. The minimum absolute atomic E-state index is 0.147. The molecule has 0 saturated heterocycles. The first-order valence-corrected chi connectivity index (χ1v) is 4.85. The Kier molecular flexibility index (Phi) is 3.92. The van der Waals surface area contributed by atoms with Gasteiger partial charge < -0.3 is 10.1 Å². The Balaban J connectivity index is 2.99. The van der Waals surface area contributed by atoms with Crippen molar-refractivity contribution in [1.82, 2.24) is 4.98 Å². The van der Waals surface area contributed by atoms with E-state index in [9.17, 15) is 4.79 Å². The van der Waals surface area contributed by atoms with Gasteiger partial charge in [0.1, 0.15) is 0 Å². The number of aryl methyl sites for hydroxylation is 1. The zero-order valence-electron chi connectivity index (χ0n) is 8.79. The highest BCUT2D eigenvalue weighted by molar-refractivity contribution is 5.67. The van der Waals surface area contributed by atoms with Crippen molar-refractivity contribution in [2.75, 3.05) is 0 Å². The molecule has 0 aliphatic heterocycles. The Morgan fingerprint density at radius 1 is 1.67 bits per heavy atom. The Morgan fingerprint density at radius 3 is 3.00 bits per heavy atom. The number of carboxylic acids is 1. The van der Waals surface area contributed by atoms with Crippen molar-refractivity contribution in [2.45, 2.75) is 19.8 Å². The van der Waals surface area contributed by atoms with E-state index in [0.717, 1.165) is 16.1 Å². The van der Waals surface area contributed by atoms with Gasteiger partial charge in [-0.2, -0.15) is 0 Å². The largest absolute Gasteiger partial charge is 0.481 e. The minimum atomic E-state index is -0.779. The summed E-state index contributed by atoms with van der Waals surface area (Å²) in [7, 11) is 0. The van der Waals surface area contributed by atoms with Gasteiger partial charge in [0.25, 0.3) is 0 Å². The number of carboxylic acid groups (broad SMARTS) is 1. The number of aliphatic carboxylic acids is 1. The van der Waals surface area contributed by atoms with E-state index < -0.39 is 5.97 Å². The maximum Gasteiger partial charge on any atom is 0.303 e. The number of aromatic amines is 1. The van der Waals surface area contributed by atoms with Gasteiger partial charge >= 0.3 is 5.97 Å². The number of carbonyl (C=O) groups is 1. The lowest BCUT2D eigenvalue weighted by Crippen LogP contribution is -2.23. The molecule has 0 aromatic carbocycles. The van der Waals surface area contributed by atoms with E-state index in [1.54, 1.807) is 0 Å². The van der Waals surface area contributed by atoms with Gasteiger partial charge in [0, 0.05) is 23.2 Å². The fourth-order valence-electron chi connectivity index (χ4n) is 1.37. The van der Waals surface area contributed by atoms with E-state index in [0.29, 0.717) is 6.42 Å². The van der Waals surface area contributed by atoms with E-state index in [1.807, 2.05) is 31.3 Å². The molecule has 1 aromatic heterocycles. The summed E-state index contributed by atoms with van der Waals surface area (Å²) in [5, 5.41) is 10.4. The predicted molar refractivity (Wildman–Crippen MR) is 60.8 cm³/mol. The first kappa shape index (κ1) is 11.3. The second kappa shape index (κ2) is 5.20. The van der Waals surface area contributed by atoms with Gasteiger partial charge in [-0.15, -0.1) is 0 Å². The number of hydrogen-bond donors (Lipinski definition) is 2. The van der Waals surface area contributed by atoms with Gasteiger partial charge in [0.2, 0.25) is 0 Å². The molecule has 1 rings (SSSR count). The molecule has 3 nitrogen and oxygen atoms in total. The molecule has 0 amide bonds. The normalized spacial score (nSPS) is 12.5. The van der Waals surface area contributed by atoms with Crippen LogP contribution in [-0.4, -0.2) is 16.1 Å². The lowest BCUT2D eigenvalue weighted by molar-refractivity contribution is -0.136. The van der Waals surface area contributed by atoms with Crippen molar-refractivity contribution < 1.29 is 9.90 Å². The van der Waals surface area contributed by atoms with Crippen molar-refractivity contribution in [3.8, 4) is 0 Å². The van der Waals surface area contributed by atoms with Crippen LogP contribution in [0, 0.1) is 0 Å². The van der Waals surface area contributed by atoms with Crippen LogP contribution in [-0.2, 0) is 11.2 Å². The van der Waals surface area contributed by atoms with Crippen molar-refractivity contribution in [3.63, 3.8) is 0 Å². The van der Waals surface area contributed by atoms with Crippen LogP contribution >= 0.6 is 0 Å². The number of allylic oxidation sites excluding steroid dienone is 2. The third-order valence-corrected chi connectivity index (χ3v) is 2.16. The zero-order valence-corrected chi connectivity index (χ0v) is 8.79. The summed E-state index contributed by atoms with van der Waals surface area (Å²) < 4.78 is 0. The number of nitrogens with one attached hydrogen (secondary N) is 1. The van der Waals surface area contributed by atoms with Crippen LogP contribution in [0.25, 0.3) is 12.7 Å². The molecule has 80 valence electrons. The molecule has 0 spiro atoms.